The lowest BCUT2D eigenvalue weighted by atomic mass is 10.2. The maximum absolute atomic E-state index is 13.1. The molecule has 0 fully saturated rings. The zero-order chi connectivity index (χ0) is 19.0. The molecule has 136 valence electrons. The highest BCUT2D eigenvalue weighted by Crippen LogP contribution is 2.34. The maximum Gasteiger partial charge on any atom is 0.461 e. The van der Waals surface area contributed by atoms with Crippen molar-refractivity contribution in [3.8, 4) is 11.4 Å². The van der Waals surface area contributed by atoms with Gasteiger partial charge >= 0.3 is 18.7 Å². The van der Waals surface area contributed by atoms with Crippen molar-refractivity contribution >= 4 is 5.91 Å². The summed E-state index contributed by atoms with van der Waals surface area (Å²) in [4.78, 5) is 11.1. The smallest absolute Gasteiger partial charge is 0.426 e. The molecule has 0 unspecified atom stereocenters. The number of halogens is 7. The van der Waals surface area contributed by atoms with Gasteiger partial charge in [0.05, 0.1) is 5.56 Å². The number of hydrogen-bond donors (Lipinski definition) is 1. The van der Waals surface area contributed by atoms with Crippen LogP contribution in [0, 0.1) is 0 Å². The van der Waals surface area contributed by atoms with E-state index in [0.717, 1.165) is 18.2 Å². The lowest BCUT2D eigenvalue weighted by Crippen LogP contribution is -2.33. The minimum Gasteiger partial charge on any atom is -0.426 e. The second-order valence-corrected chi connectivity index (χ2v) is 4.63. The number of rotatable bonds is 5. The number of hydrogen-bond acceptors (Lipinski definition) is 3. The highest BCUT2D eigenvalue weighted by Gasteiger charge is 2.45. The summed E-state index contributed by atoms with van der Waals surface area (Å²) in [5, 5.41) is 3.09. The van der Waals surface area contributed by atoms with Crippen LogP contribution in [-0.2, 0) is 6.18 Å². The van der Waals surface area contributed by atoms with Crippen molar-refractivity contribution in [2.45, 2.75) is 18.7 Å². The lowest BCUT2D eigenvalue weighted by molar-refractivity contribution is -0.253. The molecule has 2 N–H and O–H groups in total. The third-order valence-electron chi connectivity index (χ3n) is 2.86. The molecule has 5 nitrogen and oxygen atoms in total. The first-order chi connectivity index (χ1) is 11.4. The van der Waals surface area contributed by atoms with Gasteiger partial charge in [-0.2, -0.15) is 35.8 Å². The Morgan fingerprint density at radius 2 is 1.76 bits per heavy atom. The number of carbonyl (C=O) groups is 1. The van der Waals surface area contributed by atoms with Crippen LogP contribution < -0.4 is 10.5 Å². The Morgan fingerprint density at radius 3 is 2.24 bits per heavy atom. The van der Waals surface area contributed by atoms with Crippen molar-refractivity contribution in [3.63, 3.8) is 0 Å². The molecule has 0 bridgehead atoms. The highest BCUT2D eigenvalue weighted by atomic mass is 19.4. The number of primary amides is 1. The number of nitrogens with two attached hydrogens (primary N) is 1. The molecule has 1 amide bonds. The van der Waals surface area contributed by atoms with Crippen LogP contribution in [-0.4, -0.2) is 28.2 Å². The standard InChI is InChI=1S/C13H8F7N3O2/c14-11(15)13(19,20)25-8-4-2-1-3-7(8)23-5-6(10(21)24)9(22-23)12(16,17)18/h1-5,11H,(H2,21,24). The quantitative estimate of drug-likeness (QED) is 0.821. The molecule has 0 saturated heterocycles. The molecule has 0 atom stereocenters. The largest absolute Gasteiger partial charge is 0.461 e. The van der Waals surface area contributed by atoms with Gasteiger partial charge in [-0.15, -0.1) is 0 Å². The number of alkyl halides is 7. The summed E-state index contributed by atoms with van der Waals surface area (Å²) >= 11 is 0. The van der Waals surface area contributed by atoms with Crippen molar-refractivity contribution in [2.24, 2.45) is 5.73 Å². The Labute approximate surface area is 134 Å². The van der Waals surface area contributed by atoms with Crippen molar-refractivity contribution in [1.82, 2.24) is 9.78 Å². The first-order valence-corrected chi connectivity index (χ1v) is 6.34. The molecule has 12 heteroatoms. The molecule has 2 rings (SSSR count). The predicted octanol–water partition coefficient (Wildman–Crippen LogP) is 3.23. The van der Waals surface area contributed by atoms with E-state index in [2.05, 4.69) is 9.84 Å². The van der Waals surface area contributed by atoms with Gasteiger partial charge in [-0.05, 0) is 12.1 Å². The molecule has 2 aromatic rings. The summed E-state index contributed by atoms with van der Waals surface area (Å²) in [7, 11) is 0. The third kappa shape index (κ3) is 3.83. The van der Waals surface area contributed by atoms with Crippen LogP contribution >= 0.6 is 0 Å². The number of ether oxygens (including phenoxy) is 1. The fourth-order valence-electron chi connectivity index (χ4n) is 1.81. The Bertz CT molecular complexity index is 786. The Balaban J connectivity index is 2.55. The van der Waals surface area contributed by atoms with Gasteiger partial charge in [-0.3, -0.25) is 4.79 Å². The molecule has 1 aromatic carbocycles. The van der Waals surface area contributed by atoms with Crippen LogP contribution in [0.3, 0.4) is 0 Å². The van der Waals surface area contributed by atoms with Crippen LogP contribution in [0.5, 0.6) is 5.75 Å². The number of amides is 1. The summed E-state index contributed by atoms with van der Waals surface area (Å²) < 4.78 is 93.6. The van der Waals surface area contributed by atoms with Crippen LogP contribution in [0.15, 0.2) is 30.5 Å². The summed E-state index contributed by atoms with van der Waals surface area (Å²) in [5.41, 5.74) is 1.63. The van der Waals surface area contributed by atoms with E-state index < -0.39 is 47.3 Å². The topological polar surface area (TPSA) is 70.1 Å². The number of benzene rings is 1. The number of aromatic nitrogens is 2. The zero-order valence-electron chi connectivity index (χ0n) is 11.9. The van der Waals surface area contributed by atoms with Crippen molar-refractivity contribution in [2.75, 3.05) is 0 Å². The van der Waals surface area contributed by atoms with Gasteiger partial charge in [0.2, 0.25) is 0 Å². The SMILES string of the molecule is NC(=O)c1cn(-c2ccccc2OC(F)(F)C(F)F)nc1C(F)(F)F. The van der Waals surface area contributed by atoms with Crippen molar-refractivity contribution in [1.29, 1.82) is 0 Å². The predicted molar refractivity (Wildman–Crippen MR) is 68.7 cm³/mol. The molecule has 0 spiro atoms. The summed E-state index contributed by atoms with van der Waals surface area (Å²) in [6.45, 7) is 0. The van der Waals surface area contributed by atoms with E-state index in [9.17, 15) is 35.5 Å². The molecular weight excluding hydrogens is 363 g/mol. The van der Waals surface area contributed by atoms with Crippen LogP contribution in [0.2, 0.25) is 0 Å². The van der Waals surface area contributed by atoms with Gasteiger partial charge in [0, 0.05) is 6.20 Å². The van der Waals surface area contributed by atoms with Gasteiger partial charge < -0.3 is 10.5 Å². The van der Waals surface area contributed by atoms with Crippen LogP contribution in [0.1, 0.15) is 16.1 Å². The van der Waals surface area contributed by atoms with E-state index in [1.807, 2.05) is 0 Å². The Morgan fingerprint density at radius 1 is 1.16 bits per heavy atom. The highest BCUT2D eigenvalue weighted by molar-refractivity contribution is 5.94. The van der Waals surface area contributed by atoms with Gasteiger partial charge in [-0.25, -0.2) is 4.68 Å². The average molecular weight is 371 g/mol. The molecular formula is C13H8F7N3O2. The molecule has 25 heavy (non-hydrogen) atoms. The summed E-state index contributed by atoms with van der Waals surface area (Å²) in [6.07, 6.45) is -13.6. The lowest BCUT2D eigenvalue weighted by Gasteiger charge is -2.18. The minimum absolute atomic E-state index is 0.389. The first kappa shape index (κ1) is 18.5. The number of carbonyl (C=O) groups excluding carboxylic acids is 1. The van der Waals surface area contributed by atoms with Crippen molar-refractivity contribution < 1.29 is 40.3 Å². The van der Waals surface area contributed by atoms with E-state index in [0.29, 0.717) is 10.9 Å². The molecule has 0 saturated carbocycles. The van der Waals surface area contributed by atoms with E-state index >= 15 is 0 Å². The zero-order valence-corrected chi connectivity index (χ0v) is 11.9. The Hall–Kier alpha value is -2.79. The molecule has 0 aliphatic rings. The molecule has 0 aliphatic carbocycles. The average Bonchev–Trinajstić information content (AvgIpc) is 2.92. The van der Waals surface area contributed by atoms with E-state index in [1.165, 1.54) is 6.07 Å². The third-order valence-corrected chi connectivity index (χ3v) is 2.86. The first-order valence-electron chi connectivity index (χ1n) is 6.34. The second kappa shape index (κ2) is 6.26. The minimum atomic E-state index is -5.06. The summed E-state index contributed by atoms with van der Waals surface area (Å²) in [5.74, 6) is -2.34. The number of para-hydroxylation sites is 2. The van der Waals surface area contributed by atoms with Gasteiger partial charge in [0.1, 0.15) is 5.69 Å². The monoisotopic (exact) mass is 371 g/mol. The van der Waals surface area contributed by atoms with Gasteiger partial charge in [-0.1, -0.05) is 12.1 Å². The van der Waals surface area contributed by atoms with Crippen molar-refractivity contribution in [3.05, 3.63) is 41.7 Å². The van der Waals surface area contributed by atoms with Gasteiger partial charge in [0.25, 0.3) is 5.91 Å². The normalized spacial score (nSPS) is 12.5. The van der Waals surface area contributed by atoms with Gasteiger partial charge in [0.15, 0.2) is 11.4 Å². The molecule has 1 aromatic heterocycles. The molecule has 0 radical (unpaired) electrons. The van der Waals surface area contributed by atoms with Crippen LogP contribution in [0.4, 0.5) is 30.7 Å². The molecule has 0 aliphatic heterocycles. The maximum atomic E-state index is 13.1. The molecule has 1 heterocycles. The van der Waals surface area contributed by atoms with Crippen LogP contribution in [0.25, 0.3) is 5.69 Å². The fourth-order valence-corrected chi connectivity index (χ4v) is 1.81. The number of nitrogens with zero attached hydrogens (tertiary/aromatic N) is 2. The van der Waals surface area contributed by atoms with E-state index in [1.54, 1.807) is 0 Å². The summed E-state index contributed by atoms with van der Waals surface area (Å²) in [6, 6.07) is 4.14. The second-order valence-electron chi connectivity index (χ2n) is 4.63. The Kier molecular flexibility index (Phi) is 4.64. The van der Waals surface area contributed by atoms with E-state index in [-0.39, 0.29) is 0 Å². The van der Waals surface area contributed by atoms with E-state index in [4.69, 9.17) is 5.73 Å². The fraction of sp³-hybridized carbons (Fsp3) is 0.231.